The first-order chi connectivity index (χ1) is 16.6. The molecule has 0 saturated carbocycles. The van der Waals surface area contributed by atoms with Gasteiger partial charge < -0.3 is 14.2 Å². The summed E-state index contributed by atoms with van der Waals surface area (Å²) in [5.74, 6) is 0.803. The van der Waals surface area contributed by atoms with E-state index in [0.29, 0.717) is 0 Å². The molecule has 0 atom stereocenters. The predicted molar refractivity (Wildman–Crippen MR) is 136 cm³/mol. The molecule has 0 aliphatic carbocycles. The second-order valence-electron chi connectivity index (χ2n) is 8.49. The molecule has 5 aromatic rings. The van der Waals surface area contributed by atoms with Crippen LogP contribution in [0.1, 0.15) is 16.8 Å². The number of para-hydroxylation sites is 3. The Labute approximate surface area is 199 Å². The number of anilines is 1. The Bertz CT molecular complexity index is 1440. The van der Waals surface area contributed by atoms with Crippen LogP contribution in [0.2, 0.25) is 0 Å². The highest BCUT2D eigenvalue weighted by atomic mass is 16.5. The third-order valence-corrected chi connectivity index (χ3v) is 5.99. The van der Waals surface area contributed by atoms with Crippen LogP contribution in [0.25, 0.3) is 22.3 Å². The Morgan fingerprint density at radius 2 is 1.71 bits per heavy atom. The van der Waals surface area contributed by atoms with E-state index in [0.717, 1.165) is 46.7 Å². The number of aromatic nitrogens is 4. The van der Waals surface area contributed by atoms with Gasteiger partial charge >= 0.3 is 0 Å². The summed E-state index contributed by atoms with van der Waals surface area (Å²) in [6.45, 7) is 0.748. The maximum Gasteiger partial charge on any atom is 0.128 e. The molecule has 0 N–H and O–H groups in total. The lowest BCUT2D eigenvalue weighted by Crippen LogP contribution is -2.13. The number of methoxy groups -OCH3 is 1. The van der Waals surface area contributed by atoms with Crippen LogP contribution in [0.3, 0.4) is 0 Å². The minimum Gasteiger partial charge on any atom is -0.496 e. The van der Waals surface area contributed by atoms with Crippen molar-refractivity contribution in [3.63, 3.8) is 0 Å². The van der Waals surface area contributed by atoms with Gasteiger partial charge in [-0.1, -0.05) is 36.4 Å². The first kappa shape index (κ1) is 21.6. The molecule has 0 saturated heterocycles. The van der Waals surface area contributed by atoms with Gasteiger partial charge in [0.1, 0.15) is 12.1 Å². The molecule has 0 aliphatic heterocycles. The second-order valence-corrected chi connectivity index (χ2v) is 8.49. The van der Waals surface area contributed by atoms with Gasteiger partial charge in [-0.05, 0) is 47.5 Å². The van der Waals surface area contributed by atoms with Crippen molar-refractivity contribution in [2.75, 3.05) is 26.1 Å². The number of ether oxygens (including phenoxy) is 1. The van der Waals surface area contributed by atoms with Crippen LogP contribution in [-0.4, -0.2) is 40.7 Å². The van der Waals surface area contributed by atoms with E-state index in [2.05, 4.69) is 68.8 Å². The zero-order valence-corrected chi connectivity index (χ0v) is 19.6. The summed E-state index contributed by atoms with van der Waals surface area (Å²) in [5, 5.41) is 0. The molecule has 0 bridgehead atoms. The molecular weight excluding hydrogens is 422 g/mol. The van der Waals surface area contributed by atoms with Crippen LogP contribution < -0.4 is 9.64 Å². The number of fused-ring (bicyclic) bond motifs is 1. The first-order valence-corrected chi connectivity index (χ1v) is 11.3. The topological polar surface area (TPSA) is 56.1 Å². The highest BCUT2D eigenvalue weighted by Crippen LogP contribution is 2.29. The summed E-state index contributed by atoms with van der Waals surface area (Å²) in [4.78, 5) is 15.7. The van der Waals surface area contributed by atoms with Crippen LogP contribution in [0.4, 0.5) is 5.69 Å². The van der Waals surface area contributed by atoms with E-state index in [9.17, 15) is 0 Å². The van der Waals surface area contributed by atoms with Gasteiger partial charge in [-0.15, -0.1) is 0 Å². The van der Waals surface area contributed by atoms with Gasteiger partial charge in [0.05, 0.1) is 36.7 Å². The van der Waals surface area contributed by atoms with Crippen LogP contribution in [0.5, 0.6) is 5.75 Å². The normalized spacial score (nSPS) is 11.0. The lowest BCUT2D eigenvalue weighted by Gasteiger charge is -2.19. The predicted octanol–water partition coefficient (Wildman–Crippen LogP) is 5.21. The molecule has 5 rings (SSSR count). The number of benzene rings is 3. The summed E-state index contributed by atoms with van der Waals surface area (Å²) >= 11 is 0. The summed E-state index contributed by atoms with van der Waals surface area (Å²) in [6.07, 6.45) is 4.26. The summed E-state index contributed by atoms with van der Waals surface area (Å²) in [7, 11) is 5.83. The van der Waals surface area contributed by atoms with E-state index >= 15 is 0 Å². The Morgan fingerprint density at radius 1 is 0.882 bits per heavy atom. The van der Waals surface area contributed by atoms with Crippen molar-refractivity contribution in [2.45, 2.75) is 13.0 Å². The van der Waals surface area contributed by atoms with Gasteiger partial charge in [0.2, 0.25) is 0 Å². The number of nitrogens with zero attached hydrogens (tertiary/aromatic N) is 5. The highest BCUT2D eigenvalue weighted by molar-refractivity contribution is 5.75. The molecule has 2 heterocycles. The molecule has 170 valence electrons. The quantitative estimate of drug-likeness (QED) is 0.342. The maximum absolute atomic E-state index is 5.52. The van der Waals surface area contributed by atoms with Crippen molar-refractivity contribution in [2.24, 2.45) is 0 Å². The lowest BCUT2D eigenvalue weighted by molar-refractivity contribution is 0.416. The zero-order valence-electron chi connectivity index (χ0n) is 19.6. The minimum atomic E-state index is 0.718. The lowest BCUT2D eigenvalue weighted by atomic mass is 10.0. The average Bonchev–Trinajstić information content (AvgIpc) is 3.27. The summed E-state index contributed by atoms with van der Waals surface area (Å²) in [5.41, 5.74) is 8.57. The smallest absolute Gasteiger partial charge is 0.128 e. The number of hydrogen-bond acceptors (Lipinski definition) is 5. The number of rotatable bonds is 7. The fraction of sp³-hybridized carbons (Fsp3) is 0.179. The number of imidazole rings is 1. The Morgan fingerprint density at radius 3 is 2.56 bits per heavy atom. The second kappa shape index (κ2) is 9.35. The molecule has 0 fully saturated rings. The molecule has 0 amide bonds. The van der Waals surface area contributed by atoms with E-state index in [1.165, 1.54) is 16.8 Å². The monoisotopic (exact) mass is 449 g/mol. The fourth-order valence-corrected chi connectivity index (χ4v) is 4.34. The third kappa shape index (κ3) is 4.35. The molecule has 3 aromatic carbocycles. The standard InChI is InChI=1S/C28H27N5O/c1-32(2)26-13-12-20(14-21(26)17-33-19-31-24-9-5-6-10-27(24)33)15-22-16-25(30-18-29-22)23-8-4-7-11-28(23)34-3/h4-14,16,18-19H,15,17H2,1-3H3. The molecule has 2 aromatic heterocycles. The van der Waals surface area contributed by atoms with Crippen molar-refractivity contribution in [3.05, 3.63) is 102 Å². The van der Waals surface area contributed by atoms with Crippen LogP contribution in [0, 0.1) is 0 Å². The maximum atomic E-state index is 5.52. The Hall–Kier alpha value is -4.19. The van der Waals surface area contributed by atoms with Crippen molar-refractivity contribution < 1.29 is 4.74 Å². The van der Waals surface area contributed by atoms with E-state index in [1.807, 2.05) is 48.8 Å². The molecule has 6 nitrogen and oxygen atoms in total. The molecule has 6 heteroatoms. The van der Waals surface area contributed by atoms with Crippen LogP contribution in [-0.2, 0) is 13.0 Å². The molecule has 0 radical (unpaired) electrons. The van der Waals surface area contributed by atoms with Crippen LogP contribution in [0.15, 0.2) is 85.5 Å². The van der Waals surface area contributed by atoms with Crippen molar-refractivity contribution in [3.8, 4) is 17.0 Å². The summed E-state index contributed by atoms with van der Waals surface area (Å²) in [6, 6.07) is 24.8. The molecule has 0 aliphatic rings. The summed E-state index contributed by atoms with van der Waals surface area (Å²) < 4.78 is 7.72. The van der Waals surface area contributed by atoms with E-state index in [-0.39, 0.29) is 0 Å². The van der Waals surface area contributed by atoms with E-state index in [4.69, 9.17) is 4.74 Å². The minimum absolute atomic E-state index is 0.718. The largest absolute Gasteiger partial charge is 0.496 e. The van der Waals surface area contributed by atoms with Crippen LogP contribution >= 0.6 is 0 Å². The van der Waals surface area contributed by atoms with Gasteiger partial charge in [-0.2, -0.15) is 0 Å². The van der Waals surface area contributed by atoms with Crippen molar-refractivity contribution in [1.29, 1.82) is 0 Å². The molecule has 34 heavy (non-hydrogen) atoms. The third-order valence-electron chi connectivity index (χ3n) is 5.99. The van der Waals surface area contributed by atoms with Gasteiger partial charge in [0.15, 0.2) is 0 Å². The molecule has 0 spiro atoms. The van der Waals surface area contributed by atoms with Gasteiger partial charge in [0, 0.05) is 37.5 Å². The number of hydrogen-bond donors (Lipinski definition) is 0. The fourth-order valence-electron chi connectivity index (χ4n) is 4.34. The van der Waals surface area contributed by atoms with Crippen molar-refractivity contribution >= 4 is 16.7 Å². The van der Waals surface area contributed by atoms with Gasteiger partial charge in [-0.3, -0.25) is 0 Å². The molecule has 0 unspecified atom stereocenters. The van der Waals surface area contributed by atoms with Crippen molar-refractivity contribution in [1.82, 2.24) is 19.5 Å². The van der Waals surface area contributed by atoms with E-state index < -0.39 is 0 Å². The average molecular weight is 450 g/mol. The Balaban J connectivity index is 1.46. The van der Waals surface area contributed by atoms with Gasteiger partial charge in [0.25, 0.3) is 0 Å². The highest BCUT2D eigenvalue weighted by Gasteiger charge is 2.12. The first-order valence-electron chi connectivity index (χ1n) is 11.3. The Kier molecular flexibility index (Phi) is 5.95. The SMILES string of the molecule is COc1ccccc1-c1cc(Cc2ccc(N(C)C)c(Cn3cnc4ccccc43)c2)ncn1. The zero-order chi connectivity index (χ0) is 23.5. The van der Waals surface area contributed by atoms with Gasteiger partial charge in [-0.25, -0.2) is 15.0 Å². The van der Waals surface area contributed by atoms with E-state index in [1.54, 1.807) is 13.4 Å². The molecular formula is C28H27N5O.